The zero-order valence-corrected chi connectivity index (χ0v) is 9.53. The van der Waals surface area contributed by atoms with Crippen LogP contribution in [0.3, 0.4) is 0 Å². The van der Waals surface area contributed by atoms with Crippen LogP contribution < -0.4 is 0 Å². The predicted molar refractivity (Wildman–Crippen MR) is 59.8 cm³/mol. The van der Waals surface area contributed by atoms with E-state index < -0.39 is 8.25 Å². The SMILES string of the molecule is O=[P+](O)OCCCCCc1ccccc1. The smallest absolute Gasteiger partial charge is 0.133 e. The Morgan fingerprint density at radius 2 is 1.87 bits per heavy atom. The molecule has 1 rings (SSSR count). The molecule has 0 fully saturated rings. The van der Waals surface area contributed by atoms with Gasteiger partial charge < -0.3 is 0 Å². The highest BCUT2D eigenvalue weighted by atomic mass is 31.1. The molecule has 1 unspecified atom stereocenters. The summed E-state index contributed by atoms with van der Waals surface area (Å²) >= 11 is 0. The van der Waals surface area contributed by atoms with E-state index in [1.165, 1.54) is 5.56 Å². The predicted octanol–water partition coefficient (Wildman–Crippen LogP) is 3.07. The number of unbranched alkanes of at least 4 members (excludes halogenated alkanes) is 2. The van der Waals surface area contributed by atoms with Gasteiger partial charge in [-0.05, 0) is 24.8 Å². The van der Waals surface area contributed by atoms with Crippen LogP contribution >= 0.6 is 8.25 Å². The zero-order chi connectivity index (χ0) is 10.9. The molecule has 0 aliphatic carbocycles. The van der Waals surface area contributed by atoms with Gasteiger partial charge in [0.1, 0.15) is 6.61 Å². The molecule has 1 aromatic carbocycles. The standard InChI is InChI=1S/C11H15O3P/c12-15(13)14-10-6-2-5-9-11-7-3-1-4-8-11/h1,3-4,7-8H,2,5-6,9-10H2/p+1. The lowest BCUT2D eigenvalue weighted by atomic mass is 10.1. The Morgan fingerprint density at radius 1 is 1.13 bits per heavy atom. The first-order chi connectivity index (χ1) is 7.29. The second kappa shape index (κ2) is 7.52. The van der Waals surface area contributed by atoms with Gasteiger partial charge in [0, 0.05) is 4.57 Å². The van der Waals surface area contributed by atoms with Gasteiger partial charge in [-0.15, -0.1) is 9.42 Å². The van der Waals surface area contributed by atoms with Gasteiger partial charge in [0.2, 0.25) is 0 Å². The normalized spacial score (nSPS) is 11.4. The van der Waals surface area contributed by atoms with Crippen molar-refractivity contribution in [3.05, 3.63) is 35.9 Å². The lowest BCUT2D eigenvalue weighted by Gasteiger charge is -1.99. The molecule has 0 bridgehead atoms. The maximum atomic E-state index is 10.2. The third-order valence-electron chi connectivity index (χ3n) is 2.15. The van der Waals surface area contributed by atoms with Crippen LogP contribution in [-0.4, -0.2) is 11.5 Å². The van der Waals surface area contributed by atoms with Gasteiger partial charge in [0.15, 0.2) is 0 Å². The summed E-state index contributed by atoms with van der Waals surface area (Å²) < 4.78 is 14.7. The van der Waals surface area contributed by atoms with Gasteiger partial charge in [-0.3, -0.25) is 0 Å². The van der Waals surface area contributed by atoms with E-state index in [9.17, 15) is 4.57 Å². The third kappa shape index (κ3) is 6.34. The zero-order valence-electron chi connectivity index (χ0n) is 8.63. The quantitative estimate of drug-likeness (QED) is 0.575. The number of rotatable bonds is 7. The number of aryl methyl sites for hydroxylation is 1. The van der Waals surface area contributed by atoms with E-state index in [2.05, 4.69) is 16.7 Å². The van der Waals surface area contributed by atoms with Crippen molar-refractivity contribution in [3.8, 4) is 0 Å². The van der Waals surface area contributed by atoms with Crippen molar-refractivity contribution in [2.75, 3.05) is 6.61 Å². The molecule has 0 aliphatic heterocycles. The molecule has 0 radical (unpaired) electrons. The van der Waals surface area contributed by atoms with E-state index >= 15 is 0 Å². The lowest BCUT2D eigenvalue weighted by molar-refractivity contribution is 0.274. The highest BCUT2D eigenvalue weighted by Crippen LogP contribution is 2.15. The molecule has 0 amide bonds. The summed E-state index contributed by atoms with van der Waals surface area (Å²) in [5.74, 6) is 0. The fraction of sp³-hybridized carbons (Fsp3) is 0.455. The summed E-state index contributed by atoms with van der Waals surface area (Å²) in [6, 6.07) is 10.3. The highest BCUT2D eigenvalue weighted by Gasteiger charge is 2.09. The van der Waals surface area contributed by atoms with Crippen LogP contribution in [0.25, 0.3) is 0 Å². The molecule has 0 saturated carbocycles. The largest absolute Gasteiger partial charge is 0.694 e. The minimum atomic E-state index is -2.42. The molecule has 0 saturated heterocycles. The first kappa shape index (κ1) is 12.3. The summed E-state index contributed by atoms with van der Waals surface area (Å²) in [5.41, 5.74) is 1.34. The molecular formula is C11H16O3P+. The summed E-state index contributed by atoms with van der Waals surface area (Å²) in [6.45, 7) is 0.375. The first-order valence-corrected chi connectivity index (χ1v) is 6.25. The average molecular weight is 227 g/mol. The third-order valence-corrected chi connectivity index (χ3v) is 2.56. The Kier molecular flexibility index (Phi) is 6.17. The second-order valence-corrected chi connectivity index (χ2v) is 4.10. The first-order valence-electron chi connectivity index (χ1n) is 5.12. The van der Waals surface area contributed by atoms with Gasteiger partial charge in [0.25, 0.3) is 0 Å². The molecule has 1 aromatic rings. The maximum Gasteiger partial charge on any atom is 0.694 e. The Bertz CT molecular complexity index is 287. The Balaban J connectivity index is 2.00. The van der Waals surface area contributed by atoms with Crippen LogP contribution in [0.1, 0.15) is 24.8 Å². The molecule has 0 aliphatic rings. The van der Waals surface area contributed by atoms with E-state index in [1.807, 2.05) is 18.2 Å². The molecule has 82 valence electrons. The van der Waals surface area contributed by atoms with Crippen molar-refractivity contribution in [3.63, 3.8) is 0 Å². The minimum Gasteiger partial charge on any atom is -0.133 e. The average Bonchev–Trinajstić information content (AvgIpc) is 2.24. The van der Waals surface area contributed by atoms with E-state index in [0.717, 1.165) is 25.7 Å². The van der Waals surface area contributed by atoms with Crippen molar-refractivity contribution in [1.82, 2.24) is 0 Å². The van der Waals surface area contributed by atoms with Gasteiger partial charge in [0.05, 0.1) is 0 Å². The van der Waals surface area contributed by atoms with E-state index in [0.29, 0.717) is 6.61 Å². The molecule has 0 heterocycles. The number of benzene rings is 1. The van der Waals surface area contributed by atoms with Crippen LogP contribution in [0.4, 0.5) is 0 Å². The van der Waals surface area contributed by atoms with Crippen LogP contribution in [0.5, 0.6) is 0 Å². The van der Waals surface area contributed by atoms with Crippen LogP contribution in [0.15, 0.2) is 30.3 Å². The summed E-state index contributed by atoms with van der Waals surface area (Å²) in [6.07, 6.45) is 4.02. The monoisotopic (exact) mass is 227 g/mol. The molecule has 0 aromatic heterocycles. The Labute approximate surface area is 91.0 Å². The van der Waals surface area contributed by atoms with E-state index in [4.69, 9.17) is 4.89 Å². The minimum absolute atomic E-state index is 0.375. The summed E-state index contributed by atoms with van der Waals surface area (Å²) in [5, 5.41) is 0. The van der Waals surface area contributed by atoms with E-state index in [-0.39, 0.29) is 0 Å². The van der Waals surface area contributed by atoms with Crippen LogP contribution in [-0.2, 0) is 15.5 Å². The molecule has 4 heteroatoms. The molecular weight excluding hydrogens is 211 g/mol. The summed E-state index contributed by atoms with van der Waals surface area (Å²) in [4.78, 5) is 8.37. The molecule has 1 N–H and O–H groups in total. The van der Waals surface area contributed by atoms with Gasteiger partial charge in [-0.1, -0.05) is 36.8 Å². The maximum absolute atomic E-state index is 10.2. The van der Waals surface area contributed by atoms with Crippen LogP contribution in [0.2, 0.25) is 0 Å². The van der Waals surface area contributed by atoms with Gasteiger partial charge in [-0.2, -0.15) is 0 Å². The van der Waals surface area contributed by atoms with Gasteiger partial charge >= 0.3 is 8.25 Å². The topological polar surface area (TPSA) is 46.5 Å². The van der Waals surface area contributed by atoms with Crippen molar-refractivity contribution in [2.45, 2.75) is 25.7 Å². The van der Waals surface area contributed by atoms with Crippen molar-refractivity contribution < 1.29 is 14.0 Å². The van der Waals surface area contributed by atoms with Crippen LogP contribution in [0, 0.1) is 0 Å². The van der Waals surface area contributed by atoms with Gasteiger partial charge in [-0.25, -0.2) is 0 Å². The molecule has 3 nitrogen and oxygen atoms in total. The Morgan fingerprint density at radius 3 is 2.53 bits per heavy atom. The van der Waals surface area contributed by atoms with E-state index in [1.54, 1.807) is 0 Å². The molecule has 15 heavy (non-hydrogen) atoms. The Hall–Kier alpha value is -0.760. The summed E-state index contributed by atoms with van der Waals surface area (Å²) in [7, 11) is -2.42. The number of hydrogen-bond acceptors (Lipinski definition) is 2. The van der Waals surface area contributed by atoms with Crippen molar-refractivity contribution in [2.24, 2.45) is 0 Å². The fourth-order valence-corrected chi connectivity index (χ4v) is 1.68. The second-order valence-electron chi connectivity index (χ2n) is 3.37. The molecule has 0 spiro atoms. The lowest BCUT2D eigenvalue weighted by Crippen LogP contribution is -1.89. The van der Waals surface area contributed by atoms with Crippen molar-refractivity contribution in [1.29, 1.82) is 0 Å². The highest BCUT2D eigenvalue weighted by molar-refractivity contribution is 7.32. The number of hydrogen-bond donors (Lipinski definition) is 1. The fourth-order valence-electron chi connectivity index (χ4n) is 1.40. The van der Waals surface area contributed by atoms with Crippen molar-refractivity contribution >= 4 is 8.25 Å². The molecule has 1 atom stereocenters.